The molecule has 3 heteroatoms. The van der Waals surface area contributed by atoms with Crippen LogP contribution in [0.25, 0.3) is 5.57 Å². The zero-order chi connectivity index (χ0) is 12.6. The highest BCUT2D eigenvalue weighted by Gasteiger charge is 2.24. The van der Waals surface area contributed by atoms with Crippen LogP contribution >= 0.6 is 11.6 Å². The molecule has 0 atom stereocenters. The van der Waals surface area contributed by atoms with E-state index in [2.05, 4.69) is 0 Å². The molecule has 0 radical (unpaired) electrons. The van der Waals surface area contributed by atoms with Gasteiger partial charge in [-0.1, -0.05) is 31.5 Å². The van der Waals surface area contributed by atoms with Crippen molar-refractivity contribution in [2.75, 3.05) is 0 Å². The Balaban J connectivity index is 2.66. The van der Waals surface area contributed by atoms with Gasteiger partial charge in [0.05, 0.1) is 0 Å². The summed E-state index contributed by atoms with van der Waals surface area (Å²) in [7, 11) is 0. The summed E-state index contributed by atoms with van der Waals surface area (Å²) in [6, 6.07) is 5.75. The molecule has 0 spiro atoms. The first kappa shape index (κ1) is 12.2. The van der Waals surface area contributed by atoms with E-state index in [-0.39, 0.29) is 5.92 Å². The fourth-order valence-electron chi connectivity index (χ4n) is 2.46. The largest absolute Gasteiger partial charge is 0.478 e. The molecule has 1 aliphatic rings. The summed E-state index contributed by atoms with van der Waals surface area (Å²) < 4.78 is 0. The number of hydrogen-bond donors (Lipinski definition) is 1. The van der Waals surface area contributed by atoms with E-state index < -0.39 is 5.97 Å². The Labute approximate surface area is 106 Å². The molecule has 1 aliphatic carbocycles. The number of halogens is 1. The lowest BCUT2D eigenvalue weighted by atomic mass is 9.80. The Morgan fingerprint density at radius 2 is 2.06 bits per heavy atom. The van der Waals surface area contributed by atoms with Crippen LogP contribution in [0.2, 0.25) is 5.02 Å². The number of aryl methyl sites for hydroxylation is 1. The van der Waals surface area contributed by atoms with Crippen molar-refractivity contribution in [3.8, 4) is 0 Å². The number of hydrogen-bond acceptors (Lipinski definition) is 1. The summed E-state index contributed by atoms with van der Waals surface area (Å²) in [5.41, 5.74) is 3.68. The molecule has 0 unspecified atom stereocenters. The first-order chi connectivity index (χ1) is 8.00. The highest BCUT2D eigenvalue weighted by Crippen LogP contribution is 2.37. The normalized spacial score (nSPS) is 15.1. The monoisotopic (exact) mass is 250 g/mol. The Bertz CT molecular complexity index is 501. The van der Waals surface area contributed by atoms with E-state index in [1.54, 1.807) is 0 Å². The van der Waals surface area contributed by atoms with Crippen LogP contribution in [0.5, 0.6) is 0 Å². The molecule has 1 aromatic carbocycles. The highest BCUT2D eigenvalue weighted by molar-refractivity contribution is 6.30. The van der Waals surface area contributed by atoms with E-state index in [0.717, 1.165) is 17.6 Å². The zero-order valence-electron chi connectivity index (χ0n) is 9.96. The van der Waals surface area contributed by atoms with Gasteiger partial charge in [-0.15, -0.1) is 0 Å². The van der Waals surface area contributed by atoms with Crippen molar-refractivity contribution in [2.24, 2.45) is 5.92 Å². The van der Waals surface area contributed by atoms with Crippen LogP contribution in [-0.2, 0) is 11.2 Å². The smallest absolute Gasteiger partial charge is 0.331 e. The number of rotatable bonds is 2. The lowest BCUT2D eigenvalue weighted by Crippen LogP contribution is -2.14. The second kappa shape index (κ2) is 4.53. The van der Waals surface area contributed by atoms with E-state index in [0.29, 0.717) is 17.0 Å². The molecule has 0 amide bonds. The molecule has 0 aromatic heterocycles. The minimum atomic E-state index is -0.806. The van der Waals surface area contributed by atoms with Gasteiger partial charge in [-0.05, 0) is 47.6 Å². The Morgan fingerprint density at radius 1 is 1.35 bits per heavy atom. The van der Waals surface area contributed by atoms with Crippen molar-refractivity contribution in [2.45, 2.75) is 26.7 Å². The van der Waals surface area contributed by atoms with Crippen LogP contribution in [0.1, 0.15) is 31.4 Å². The quantitative estimate of drug-likeness (QED) is 0.867. The summed E-state index contributed by atoms with van der Waals surface area (Å²) in [6.45, 7) is 4.04. The van der Waals surface area contributed by atoms with Crippen LogP contribution in [-0.4, -0.2) is 11.1 Å². The lowest BCUT2D eigenvalue weighted by Gasteiger charge is -2.24. The minimum Gasteiger partial charge on any atom is -0.478 e. The minimum absolute atomic E-state index is 0.193. The highest BCUT2D eigenvalue weighted by atomic mass is 35.5. The third-order valence-electron chi connectivity index (χ3n) is 3.17. The van der Waals surface area contributed by atoms with Crippen molar-refractivity contribution in [1.29, 1.82) is 0 Å². The van der Waals surface area contributed by atoms with Gasteiger partial charge in [0.1, 0.15) is 0 Å². The van der Waals surface area contributed by atoms with Gasteiger partial charge in [0.25, 0.3) is 0 Å². The van der Waals surface area contributed by atoms with Crippen LogP contribution in [0.4, 0.5) is 0 Å². The third kappa shape index (κ3) is 2.22. The van der Waals surface area contributed by atoms with E-state index in [9.17, 15) is 9.90 Å². The van der Waals surface area contributed by atoms with Gasteiger partial charge in [-0.3, -0.25) is 0 Å². The standard InChI is InChI=1S/C14H15ClO2/c1-8(2)13-11(14(16)17)6-4-9-3-5-10(15)7-12(9)13/h3,5,7-8H,4,6H2,1-2H3,(H,16,17). The van der Waals surface area contributed by atoms with Crippen molar-refractivity contribution in [3.63, 3.8) is 0 Å². The van der Waals surface area contributed by atoms with Crippen LogP contribution in [0.15, 0.2) is 23.8 Å². The second-order valence-corrected chi connectivity index (χ2v) is 5.09. The summed E-state index contributed by atoms with van der Waals surface area (Å²) in [4.78, 5) is 11.3. The van der Waals surface area contributed by atoms with E-state index >= 15 is 0 Å². The van der Waals surface area contributed by atoms with Gasteiger partial charge < -0.3 is 5.11 Å². The van der Waals surface area contributed by atoms with Gasteiger partial charge in [-0.2, -0.15) is 0 Å². The van der Waals surface area contributed by atoms with Crippen molar-refractivity contribution in [3.05, 3.63) is 39.9 Å². The zero-order valence-corrected chi connectivity index (χ0v) is 10.7. The van der Waals surface area contributed by atoms with Crippen LogP contribution in [0, 0.1) is 5.92 Å². The number of fused-ring (bicyclic) bond motifs is 1. The molecule has 0 fully saturated rings. The molecule has 0 saturated carbocycles. The Hall–Kier alpha value is -1.28. The maximum atomic E-state index is 11.3. The Kier molecular flexibility index (Phi) is 3.25. The molecular weight excluding hydrogens is 236 g/mol. The first-order valence-electron chi connectivity index (χ1n) is 5.76. The topological polar surface area (TPSA) is 37.3 Å². The SMILES string of the molecule is CC(C)C1=C(C(=O)O)CCc2ccc(Cl)cc21. The number of carboxylic acids is 1. The maximum Gasteiger partial charge on any atom is 0.331 e. The number of benzene rings is 1. The second-order valence-electron chi connectivity index (χ2n) is 4.65. The molecule has 17 heavy (non-hydrogen) atoms. The summed E-state index contributed by atoms with van der Waals surface area (Å²) in [5, 5.41) is 9.92. The van der Waals surface area contributed by atoms with Gasteiger partial charge >= 0.3 is 5.97 Å². The number of aliphatic carboxylic acids is 1. The lowest BCUT2D eigenvalue weighted by molar-refractivity contribution is -0.132. The maximum absolute atomic E-state index is 11.3. The predicted molar refractivity (Wildman–Crippen MR) is 69.2 cm³/mol. The van der Waals surface area contributed by atoms with Gasteiger partial charge in [-0.25, -0.2) is 4.79 Å². The molecular formula is C14H15ClO2. The van der Waals surface area contributed by atoms with Crippen molar-refractivity contribution >= 4 is 23.1 Å². The van der Waals surface area contributed by atoms with Crippen molar-refractivity contribution < 1.29 is 9.90 Å². The van der Waals surface area contributed by atoms with Crippen LogP contribution < -0.4 is 0 Å². The molecule has 0 bridgehead atoms. The molecule has 1 N–H and O–H groups in total. The van der Waals surface area contributed by atoms with Gasteiger partial charge in [0, 0.05) is 10.6 Å². The van der Waals surface area contributed by atoms with Gasteiger partial charge in [0.2, 0.25) is 0 Å². The molecule has 90 valence electrons. The predicted octanol–water partition coefficient (Wildman–Crippen LogP) is 3.78. The molecule has 2 rings (SSSR count). The fraction of sp³-hybridized carbons (Fsp3) is 0.357. The molecule has 1 aromatic rings. The summed E-state index contributed by atoms with van der Waals surface area (Å²) >= 11 is 6.00. The van der Waals surface area contributed by atoms with Crippen molar-refractivity contribution in [1.82, 2.24) is 0 Å². The molecule has 0 aliphatic heterocycles. The van der Waals surface area contributed by atoms with E-state index in [1.807, 2.05) is 32.0 Å². The average Bonchev–Trinajstić information content (AvgIpc) is 2.26. The number of carbonyl (C=O) groups is 1. The molecule has 2 nitrogen and oxygen atoms in total. The van der Waals surface area contributed by atoms with E-state index in [4.69, 9.17) is 11.6 Å². The Morgan fingerprint density at radius 3 is 2.65 bits per heavy atom. The summed E-state index contributed by atoms with van der Waals surface area (Å²) in [6.07, 6.45) is 1.39. The van der Waals surface area contributed by atoms with Crippen LogP contribution in [0.3, 0.4) is 0 Å². The van der Waals surface area contributed by atoms with E-state index in [1.165, 1.54) is 5.56 Å². The molecule has 0 saturated heterocycles. The number of allylic oxidation sites excluding steroid dienone is 1. The molecule has 0 heterocycles. The number of carboxylic acid groups (broad SMARTS) is 1. The fourth-order valence-corrected chi connectivity index (χ4v) is 2.63. The summed E-state index contributed by atoms with van der Waals surface area (Å²) in [5.74, 6) is -0.613. The average molecular weight is 251 g/mol. The van der Waals surface area contributed by atoms with Gasteiger partial charge in [0.15, 0.2) is 0 Å². The third-order valence-corrected chi connectivity index (χ3v) is 3.40. The first-order valence-corrected chi connectivity index (χ1v) is 6.13.